The molecule has 106 valence electrons. The molecule has 5 nitrogen and oxygen atoms in total. The summed E-state index contributed by atoms with van der Waals surface area (Å²) in [5.74, 6) is 0.612. The first-order chi connectivity index (χ1) is 8.15. The van der Waals surface area contributed by atoms with Crippen LogP contribution in [0.1, 0.15) is 32.1 Å². The fourth-order valence-electron chi connectivity index (χ4n) is 3.40. The molecule has 3 rings (SSSR count). The molecular weight excluding hydrogens is 274 g/mol. The fourth-order valence-corrected chi connectivity index (χ4v) is 5.15. The Morgan fingerprint density at radius 3 is 2.61 bits per heavy atom. The van der Waals surface area contributed by atoms with Crippen LogP contribution in [0.2, 0.25) is 0 Å². The minimum absolute atomic E-state index is 0. The maximum Gasteiger partial charge on any atom is 0.280 e. The van der Waals surface area contributed by atoms with Crippen molar-refractivity contribution in [2.24, 2.45) is 5.92 Å². The van der Waals surface area contributed by atoms with Gasteiger partial charge >= 0.3 is 0 Å². The summed E-state index contributed by atoms with van der Waals surface area (Å²) in [4.78, 5) is 0. The zero-order valence-electron chi connectivity index (χ0n) is 10.5. The van der Waals surface area contributed by atoms with Gasteiger partial charge in [0.15, 0.2) is 0 Å². The molecule has 0 aromatic carbocycles. The first kappa shape index (κ1) is 14.5. The number of fused-ring (bicyclic) bond motifs is 2. The van der Waals surface area contributed by atoms with E-state index in [0.29, 0.717) is 5.92 Å². The number of halogens is 1. The van der Waals surface area contributed by atoms with Gasteiger partial charge in [-0.05, 0) is 44.6 Å². The van der Waals surface area contributed by atoms with Gasteiger partial charge in [0.2, 0.25) is 0 Å². The van der Waals surface area contributed by atoms with E-state index in [0.717, 1.165) is 45.3 Å². The maximum atomic E-state index is 12.3. The van der Waals surface area contributed by atoms with E-state index in [1.165, 1.54) is 6.42 Å². The highest BCUT2D eigenvalue weighted by atomic mass is 35.5. The molecule has 0 aromatic heterocycles. The summed E-state index contributed by atoms with van der Waals surface area (Å²) in [6.45, 7) is 2.51. The third kappa shape index (κ3) is 2.82. The van der Waals surface area contributed by atoms with Crippen LogP contribution in [0.5, 0.6) is 0 Å². The molecule has 0 spiro atoms. The van der Waals surface area contributed by atoms with Gasteiger partial charge in [-0.3, -0.25) is 0 Å². The van der Waals surface area contributed by atoms with E-state index in [1.54, 1.807) is 4.31 Å². The van der Waals surface area contributed by atoms with Gasteiger partial charge in [-0.25, -0.2) is 0 Å². The Hall–Kier alpha value is 0.120. The van der Waals surface area contributed by atoms with Gasteiger partial charge < -0.3 is 5.32 Å². The van der Waals surface area contributed by atoms with Crippen molar-refractivity contribution in [1.82, 2.24) is 14.3 Å². The zero-order chi connectivity index (χ0) is 11.9. The summed E-state index contributed by atoms with van der Waals surface area (Å²) >= 11 is 0. The molecule has 3 fully saturated rings. The van der Waals surface area contributed by atoms with E-state index < -0.39 is 10.2 Å². The predicted octanol–water partition coefficient (Wildman–Crippen LogP) is 0.479. The summed E-state index contributed by atoms with van der Waals surface area (Å²) < 4.78 is 29.1. The minimum Gasteiger partial charge on any atom is -0.315 e. The molecule has 1 saturated carbocycles. The average molecular weight is 296 g/mol. The Balaban J connectivity index is 0.00000120. The van der Waals surface area contributed by atoms with Crippen molar-refractivity contribution in [1.29, 1.82) is 0 Å². The summed E-state index contributed by atoms with van der Waals surface area (Å²) in [5.41, 5.74) is 0. The Morgan fingerprint density at radius 1 is 1.22 bits per heavy atom. The Bertz CT molecular complexity index is 384. The molecule has 2 saturated heterocycles. The molecule has 2 heterocycles. The molecule has 2 aliphatic heterocycles. The molecule has 3 atom stereocenters. The number of nitrogens with one attached hydrogen (secondary N) is 2. The topological polar surface area (TPSA) is 61.4 Å². The van der Waals surface area contributed by atoms with Crippen LogP contribution in [0, 0.1) is 5.92 Å². The predicted molar refractivity (Wildman–Crippen MR) is 73.0 cm³/mol. The zero-order valence-corrected chi connectivity index (χ0v) is 12.1. The Kier molecular flexibility index (Phi) is 4.54. The van der Waals surface area contributed by atoms with E-state index in [2.05, 4.69) is 10.0 Å². The SMILES string of the molecule is Cl.O=S(=O)(NC1CCCNC1)N1CC2CCC1C2. The molecule has 18 heavy (non-hydrogen) atoms. The van der Waals surface area contributed by atoms with Crippen LogP contribution >= 0.6 is 12.4 Å². The highest BCUT2D eigenvalue weighted by Gasteiger charge is 2.44. The van der Waals surface area contributed by atoms with Crippen LogP contribution in [0.4, 0.5) is 0 Å². The molecule has 3 aliphatic rings. The molecule has 0 aromatic rings. The lowest BCUT2D eigenvalue weighted by Crippen LogP contribution is -2.52. The second-order valence-electron chi connectivity index (χ2n) is 5.57. The lowest BCUT2D eigenvalue weighted by atomic mass is 10.1. The molecule has 0 amide bonds. The third-order valence-corrected chi connectivity index (χ3v) is 5.98. The lowest BCUT2D eigenvalue weighted by Gasteiger charge is -2.30. The van der Waals surface area contributed by atoms with Crippen LogP contribution in [-0.2, 0) is 10.2 Å². The standard InChI is InChI=1S/C11H21N3O2S.ClH/c15-17(16,13-10-2-1-5-12-7-10)14-8-9-3-4-11(14)6-9;/h9-13H,1-8H2;1H. The highest BCUT2D eigenvalue weighted by molar-refractivity contribution is 7.87. The first-order valence-electron chi connectivity index (χ1n) is 6.65. The number of nitrogens with zero attached hydrogens (tertiary/aromatic N) is 1. The van der Waals surface area contributed by atoms with Crippen molar-refractivity contribution < 1.29 is 8.42 Å². The molecule has 2 bridgehead atoms. The van der Waals surface area contributed by atoms with Crippen LogP contribution < -0.4 is 10.0 Å². The van der Waals surface area contributed by atoms with Gasteiger partial charge in [-0.1, -0.05) is 0 Å². The Morgan fingerprint density at radius 2 is 2.06 bits per heavy atom. The number of hydrogen-bond donors (Lipinski definition) is 2. The molecule has 2 N–H and O–H groups in total. The number of rotatable bonds is 3. The largest absolute Gasteiger partial charge is 0.315 e. The average Bonchev–Trinajstić information content (AvgIpc) is 2.91. The first-order valence-corrected chi connectivity index (χ1v) is 8.09. The molecular formula is C11H22ClN3O2S. The van der Waals surface area contributed by atoms with E-state index in [9.17, 15) is 8.42 Å². The maximum absolute atomic E-state index is 12.3. The van der Waals surface area contributed by atoms with Crippen molar-refractivity contribution in [2.45, 2.75) is 44.2 Å². The van der Waals surface area contributed by atoms with Gasteiger partial charge in [-0.15, -0.1) is 12.4 Å². The second-order valence-corrected chi connectivity index (χ2v) is 7.22. The smallest absolute Gasteiger partial charge is 0.280 e. The van der Waals surface area contributed by atoms with Gasteiger partial charge in [0.1, 0.15) is 0 Å². The molecule has 1 aliphatic carbocycles. The van der Waals surface area contributed by atoms with Crippen molar-refractivity contribution in [3.8, 4) is 0 Å². The normalized spacial score (nSPS) is 36.6. The Labute approximate surface area is 115 Å². The van der Waals surface area contributed by atoms with Gasteiger partial charge in [-0.2, -0.15) is 17.4 Å². The van der Waals surface area contributed by atoms with Crippen molar-refractivity contribution in [3.63, 3.8) is 0 Å². The molecule has 0 radical (unpaired) electrons. The number of hydrogen-bond acceptors (Lipinski definition) is 3. The second kappa shape index (κ2) is 5.63. The highest BCUT2D eigenvalue weighted by Crippen LogP contribution is 2.38. The summed E-state index contributed by atoms with van der Waals surface area (Å²) in [7, 11) is -3.25. The van der Waals surface area contributed by atoms with Gasteiger partial charge in [0.25, 0.3) is 10.2 Å². The van der Waals surface area contributed by atoms with Crippen molar-refractivity contribution in [3.05, 3.63) is 0 Å². The van der Waals surface area contributed by atoms with Crippen molar-refractivity contribution >= 4 is 22.6 Å². The summed E-state index contributed by atoms with van der Waals surface area (Å²) in [6, 6.07) is 0.349. The van der Waals surface area contributed by atoms with E-state index in [-0.39, 0.29) is 24.5 Å². The molecule has 3 unspecified atom stereocenters. The molecule has 7 heteroatoms. The fraction of sp³-hybridized carbons (Fsp3) is 1.00. The summed E-state index contributed by atoms with van der Waals surface area (Å²) in [5, 5.41) is 3.24. The van der Waals surface area contributed by atoms with Crippen LogP contribution in [0.25, 0.3) is 0 Å². The van der Waals surface area contributed by atoms with Crippen LogP contribution in [0.3, 0.4) is 0 Å². The van der Waals surface area contributed by atoms with Gasteiger partial charge in [0, 0.05) is 25.2 Å². The van der Waals surface area contributed by atoms with E-state index in [4.69, 9.17) is 0 Å². The number of piperidine rings is 2. The van der Waals surface area contributed by atoms with E-state index >= 15 is 0 Å². The van der Waals surface area contributed by atoms with Crippen LogP contribution in [-0.4, -0.2) is 44.4 Å². The third-order valence-electron chi connectivity index (χ3n) is 4.28. The summed E-state index contributed by atoms with van der Waals surface area (Å²) in [6.07, 6.45) is 5.34. The minimum atomic E-state index is -3.25. The lowest BCUT2D eigenvalue weighted by molar-refractivity contribution is 0.320. The monoisotopic (exact) mass is 295 g/mol. The van der Waals surface area contributed by atoms with E-state index in [1.807, 2.05) is 0 Å². The van der Waals surface area contributed by atoms with Crippen LogP contribution in [0.15, 0.2) is 0 Å². The van der Waals surface area contributed by atoms with Gasteiger partial charge in [0.05, 0.1) is 0 Å². The van der Waals surface area contributed by atoms with Crippen molar-refractivity contribution in [2.75, 3.05) is 19.6 Å². The quantitative estimate of drug-likeness (QED) is 0.796.